The molecular formula is C13H16N2O4. The van der Waals surface area contributed by atoms with E-state index in [1.165, 1.54) is 0 Å². The molecule has 0 spiro atoms. The minimum absolute atomic E-state index is 0.0223. The summed E-state index contributed by atoms with van der Waals surface area (Å²) in [6.07, 6.45) is -1.58. The largest absolute Gasteiger partial charge is 0.479 e. The summed E-state index contributed by atoms with van der Waals surface area (Å²) in [5.41, 5.74) is 0.909. The smallest absolute Gasteiger partial charge is 0.337 e. The van der Waals surface area contributed by atoms with E-state index in [0.29, 0.717) is 24.3 Å². The molecule has 0 radical (unpaired) electrons. The lowest BCUT2D eigenvalue weighted by Gasteiger charge is -2.34. The van der Waals surface area contributed by atoms with Gasteiger partial charge in [-0.25, -0.2) is 4.79 Å². The molecule has 2 rings (SSSR count). The molecule has 1 amide bonds. The van der Waals surface area contributed by atoms with Crippen molar-refractivity contribution in [1.29, 1.82) is 0 Å². The van der Waals surface area contributed by atoms with E-state index in [1.807, 2.05) is 0 Å². The number of amides is 1. The first-order valence-corrected chi connectivity index (χ1v) is 5.99. The van der Waals surface area contributed by atoms with Crippen LogP contribution >= 0.6 is 0 Å². The fraction of sp³-hybridized carbons (Fsp3) is 0.385. The first-order valence-electron chi connectivity index (χ1n) is 5.99. The van der Waals surface area contributed by atoms with Crippen LogP contribution in [0.3, 0.4) is 0 Å². The number of aliphatic carboxylic acids is 1. The molecule has 102 valence electrons. The lowest BCUT2D eigenvalue weighted by atomic mass is 10.1. The Morgan fingerprint density at radius 1 is 1.32 bits per heavy atom. The van der Waals surface area contributed by atoms with E-state index in [1.54, 1.807) is 41.1 Å². The van der Waals surface area contributed by atoms with Crippen molar-refractivity contribution in [1.82, 2.24) is 4.90 Å². The van der Waals surface area contributed by atoms with Crippen LogP contribution in [-0.4, -0.2) is 53.7 Å². The van der Waals surface area contributed by atoms with Crippen molar-refractivity contribution in [2.75, 3.05) is 31.6 Å². The summed E-state index contributed by atoms with van der Waals surface area (Å²) in [7, 11) is 1.73. The van der Waals surface area contributed by atoms with Crippen LogP contribution in [0, 0.1) is 0 Å². The standard InChI is InChI=1S/C13H16N2O4/c1-14-6-7-15(8-11(14)16)10-5-3-2-4-9(10)12(17)13(18)19/h2-5,12,17H,6-8H2,1H3,(H,18,19). The molecule has 1 fully saturated rings. The summed E-state index contributed by atoms with van der Waals surface area (Å²) in [5, 5.41) is 18.6. The number of piperazine rings is 1. The van der Waals surface area contributed by atoms with Crippen LogP contribution < -0.4 is 4.90 Å². The lowest BCUT2D eigenvalue weighted by molar-refractivity contribution is -0.146. The second-order valence-electron chi connectivity index (χ2n) is 4.54. The van der Waals surface area contributed by atoms with Gasteiger partial charge in [-0.15, -0.1) is 0 Å². The number of carbonyl (C=O) groups excluding carboxylic acids is 1. The quantitative estimate of drug-likeness (QED) is 0.808. The average molecular weight is 264 g/mol. The first kappa shape index (κ1) is 13.4. The second kappa shape index (κ2) is 5.27. The molecule has 1 unspecified atom stereocenters. The molecule has 1 aromatic rings. The van der Waals surface area contributed by atoms with Crippen LogP contribution in [0.4, 0.5) is 5.69 Å². The number of rotatable bonds is 3. The molecule has 1 aromatic carbocycles. The molecule has 0 aromatic heterocycles. The van der Waals surface area contributed by atoms with Crippen LogP contribution in [-0.2, 0) is 9.59 Å². The van der Waals surface area contributed by atoms with Crippen molar-refractivity contribution in [2.24, 2.45) is 0 Å². The third-order valence-corrected chi connectivity index (χ3v) is 3.26. The Morgan fingerprint density at radius 2 is 2.00 bits per heavy atom. The van der Waals surface area contributed by atoms with Gasteiger partial charge in [0.05, 0.1) is 6.54 Å². The molecular weight excluding hydrogens is 248 g/mol. The molecule has 19 heavy (non-hydrogen) atoms. The van der Waals surface area contributed by atoms with E-state index in [4.69, 9.17) is 5.11 Å². The van der Waals surface area contributed by atoms with Crippen molar-refractivity contribution in [3.05, 3.63) is 29.8 Å². The molecule has 1 heterocycles. The summed E-state index contributed by atoms with van der Waals surface area (Å²) >= 11 is 0. The zero-order valence-corrected chi connectivity index (χ0v) is 10.6. The normalized spacial score (nSPS) is 17.5. The van der Waals surface area contributed by atoms with E-state index < -0.39 is 12.1 Å². The summed E-state index contributed by atoms with van der Waals surface area (Å²) < 4.78 is 0. The van der Waals surface area contributed by atoms with E-state index in [9.17, 15) is 14.7 Å². The van der Waals surface area contributed by atoms with Gasteiger partial charge in [0, 0.05) is 31.4 Å². The zero-order valence-electron chi connectivity index (χ0n) is 10.6. The Labute approximate surface area is 110 Å². The number of nitrogens with zero attached hydrogens (tertiary/aromatic N) is 2. The molecule has 1 saturated heterocycles. The van der Waals surface area contributed by atoms with E-state index in [2.05, 4.69) is 0 Å². The SMILES string of the molecule is CN1CCN(c2ccccc2C(O)C(=O)O)CC1=O. The predicted octanol–water partition coefficient (Wildman–Crippen LogP) is 0.0830. The number of carboxylic acid groups (broad SMARTS) is 1. The van der Waals surface area contributed by atoms with E-state index in [0.717, 1.165) is 0 Å². The third-order valence-electron chi connectivity index (χ3n) is 3.26. The molecule has 1 atom stereocenters. The Bertz CT molecular complexity index is 503. The van der Waals surface area contributed by atoms with Gasteiger partial charge in [-0.05, 0) is 6.07 Å². The van der Waals surface area contributed by atoms with Gasteiger partial charge in [-0.3, -0.25) is 4.79 Å². The Balaban J connectivity index is 2.30. The van der Waals surface area contributed by atoms with Crippen LogP contribution in [0.15, 0.2) is 24.3 Å². The molecule has 0 saturated carbocycles. The molecule has 0 bridgehead atoms. The highest BCUT2D eigenvalue weighted by atomic mass is 16.4. The second-order valence-corrected chi connectivity index (χ2v) is 4.54. The zero-order chi connectivity index (χ0) is 14.0. The van der Waals surface area contributed by atoms with Gasteiger partial charge in [0.1, 0.15) is 0 Å². The summed E-state index contributed by atoms with van der Waals surface area (Å²) in [6, 6.07) is 6.72. The molecule has 0 aliphatic carbocycles. The summed E-state index contributed by atoms with van der Waals surface area (Å²) in [4.78, 5) is 26.0. The van der Waals surface area contributed by atoms with Crippen molar-refractivity contribution >= 4 is 17.6 Å². The molecule has 6 heteroatoms. The van der Waals surface area contributed by atoms with Crippen LogP contribution in [0.2, 0.25) is 0 Å². The van der Waals surface area contributed by atoms with Gasteiger partial charge in [-0.2, -0.15) is 0 Å². The Hall–Kier alpha value is -2.08. The maximum absolute atomic E-state index is 11.7. The fourth-order valence-electron chi connectivity index (χ4n) is 2.10. The van der Waals surface area contributed by atoms with Gasteiger partial charge in [-0.1, -0.05) is 18.2 Å². The topological polar surface area (TPSA) is 81.1 Å². The maximum Gasteiger partial charge on any atom is 0.337 e. The lowest BCUT2D eigenvalue weighted by Crippen LogP contribution is -2.49. The predicted molar refractivity (Wildman–Crippen MR) is 68.9 cm³/mol. The number of carboxylic acids is 1. The molecule has 2 N–H and O–H groups in total. The highest BCUT2D eigenvalue weighted by molar-refractivity contribution is 5.84. The van der Waals surface area contributed by atoms with Gasteiger partial charge >= 0.3 is 5.97 Å². The summed E-state index contributed by atoms with van der Waals surface area (Å²) in [6.45, 7) is 1.39. The molecule has 1 aliphatic rings. The first-order chi connectivity index (χ1) is 9.00. The highest BCUT2D eigenvalue weighted by Crippen LogP contribution is 2.27. The van der Waals surface area contributed by atoms with Crippen molar-refractivity contribution in [3.63, 3.8) is 0 Å². The van der Waals surface area contributed by atoms with Crippen molar-refractivity contribution < 1.29 is 19.8 Å². The fourth-order valence-corrected chi connectivity index (χ4v) is 2.10. The number of aliphatic hydroxyl groups is 1. The van der Waals surface area contributed by atoms with Gasteiger partial charge in [0.2, 0.25) is 5.91 Å². The van der Waals surface area contributed by atoms with Crippen LogP contribution in [0.5, 0.6) is 0 Å². The van der Waals surface area contributed by atoms with Gasteiger partial charge < -0.3 is 20.0 Å². The van der Waals surface area contributed by atoms with E-state index in [-0.39, 0.29) is 12.5 Å². The van der Waals surface area contributed by atoms with Gasteiger partial charge in [0.25, 0.3) is 0 Å². The van der Waals surface area contributed by atoms with Crippen molar-refractivity contribution in [3.8, 4) is 0 Å². The van der Waals surface area contributed by atoms with Crippen LogP contribution in [0.1, 0.15) is 11.7 Å². The Morgan fingerprint density at radius 3 is 2.63 bits per heavy atom. The minimum atomic E-state index is -1.58. The summed E-state index contributed by atoms with van der Waals surface area (Å²) in [5.74, 6) is -1.32. The highest BCUT2D eigenvalue weighted by Gasteiger charge is 2.26. The number of hydrogen-bond donors (Lipinski definition) is 2. The average Bonchev–Trinajstić information content (AvgIpc) is 2.41. The maximum atomic E-state index is 11.7. The number of carbonyl (C=O) groups is 2. The third kappa shape index (κ3) is 2.68. The number of aliphatic hydroxyl groups excluding tert-OH is 1. The van der Waals surface area contributed by atoms with Crippen LogP contribution in [0.25, 0.3) is 0 Å². The number of benzene rings is 1. The monoisotopic (exact) mass is 264 g/mol. The number of para-hydroxylation sites is 1. The van der Waals surface area contributed by atoms with Crippen molar-refractivity contribution in [2.45, 2.75) is 6.10 Å². The number of hydrogen-bond acceptors (Lipinski definition) is 4. The minimum Gasteiger partial charge on any atom is -0.479 e. The van der Waals surface area contributed by atoms with E-state index >= 15 is 0 Å². The van der Waals surface area contributed by atoms with Gasteiger partial charge in [0.15, 0.2) is 6.10 Å². The number of likely N-dealkylation sites (N-methyl/N-ethyl adjacent to an activating group) is 1. The Kier molecular flexibility index (Phi) is 3.71. The number of anilines is 1. The molecule has 6 nitrogen and oxygen atoms in total. The molecule has 1 aliphatic heterocycles.